The molecule has 16 heavy (non-hydrogen) atoms. The number of rotatable bonds is 4. The minimum absolute atomic E-state index is 0.525. The van der Waals surface area contributed by atoms with Crippen molar-refractivity contribution in [3.05, 3.63) is 0 Å². The molecule has 1 saturated carbocycles. The third-order valence-corrected chi connectivity index (χ3v) is 5.53. The number of nitrogens with zero attached hydrogens (tertiary/aromatic N) is 1. The minimum atomic E-state index is 0.525. The lowest BCUT2D eigenvalue weighted by Gasteiger charge is -2.43. The second-order valence-corrected chi connectivity index (χ2v) is 7.71. The minimum Gasteiger partial charge on any atom is -0.330 e. The van der Waals surface area contributed by atoms with Crippen LogP contribution in [0.1, 0.15) is 39.5 Å². The molecule has 1 heterocycles. The molecule has 1 aliphatic heterocycles. The summed E-state index contributed by atoms with van der Waals surface area (Å²) in [5, 5.41) is 1.61. The Morgan fingerprint density at radius 1 is 1.25 bits per heavy atom. The van der Waals surface area contributed by atoms with Gasteiger partial charge in [0.25, 0.3) is 0 Å². The summed E-state index contributed by atoms with van der Waals surface area (Å²) in [4.78, 5) is 2.65. The molecule has 2 atom stereocenters. The molecule has 1 aliphatic carbocycles. The number of hydrogen-bond donors (Lipinski definition) is 1. The average Bonchev–Trinajstić information content (AvgIpc) is 2.15. The molecular formula is C13H26N2S. The van der Waals surface area contributed by atoms with Gasteiger partial charge in [-0.15, -0.1) is 0 Å². The predicted octanol–water partition coefficient (Wildman–Crippen LogP) is 2.33. The zero-order chi connectivity index (χ0) is 11.6. The molecule has 2 unspecified atom stereocenters. The molecule has 0 aromatic rings. The molecule has 0 aromatic carbocycles. The topological polar surface area (TPSA) is 29.3 Å². The van der Waals surface area contributed by atoms with Crippen LogP contribution in [0.5, 0.6) is 0 Å². The van der Waals surface area contributed by atoms with Gasteiger partial charge >= 0.3 is 0 Å². The van der Waals surface area contributed by atoms with E-state index in [1.807, 2.05) is 0 Å². The first kappa shape index (κ1) is 12.7. The van der Waals surface area contributed by atoms with Gasteiger partial charge in [-0.2, -0.15) is 11.8 Å². The monoisotopic (exact) mass is 242 g/mol. The maximum absolute atomic E-state index is 5.92. The lowest BCUT2D eigenvalue weighted by Crippen LogP contribution is -2.45. The van der Waals surface area contributed by atoms with Crippen LogP contribution < -0.4 is 5.73 Å². The maximum Gasteiger partial charge on any atom is 0.0149 e. The van der Waals surface area contributed by atoms with E-state index in [2.05, 4.69) is 30.5 Å². The highest BCUT2D eigenvalue weighted by Crippen LogP contribution is 2.43. The summed E-state index contributed by atoms with van der Waals surface area (Å²) in [7, 11) is 0. The van der Waals surface area contributed by atoms with Gasteiger partial charge in [0.15, 0.2) is 0 Å². The SMILES string of the molecule is CC1CN(CCC2(CN)CCC2)CC(C)S1. The summed E-state index contributed by atoms with van der Waals surface area (Å²) < 4.78 is 0. The van der Waals surface area contributed by atoms with Crippen LogP contribution in [-0.2, 0) is 0 Å². The van der Waals surface area contributed by atoms with Crippen LogP contribution in [0.4, 0.5) is 0 Å². The Morgan fingerprint density at radius 3 is 2.31 bits per heavy atom. The van der Waals surface area contributed by atoms with Crippen molar-refractivity contribution < 1.29 is 0 Å². The maximum atomic E-state index is 5.92. The van der Waals surface area contributed by atoms with E-state index in [1.165, 1.54) is 45.3 Å². The van der Waals surface area contributed by atoms with Crippen molar-refractivity contribution in [1.82, 2.24) is 4.90 Å². The molecule has 1 saturated heterocycles. The van der Waals surface area contributed by atoms with Crippen LogP contribution in [0.3, 0.4) is 0 Å². The summed E-state index contributed by atoms with van der Waals surface area (Å²) in [6.45, 7) is 9.43. The molecule has 94 valence electrons. The highest BCUT2D eigenvalue weighted by atomic mass is 32.2. The lowest BCUT2D eigenvalue weighted by atomic mass is 9.66. The third-order valence-electron chi connectivity index (χ3n) is 4.30. The van der Waals surface area contributed by atoms with Gasteiger partial charge in [0.1, 0.15) is 0 Å². The molecule has 0 aromatic heterocycles. The Kier molecular flexibility index (Phi) is 4.20. The smallest absolute Gasteiger partial charge is 0.0149 e. The van der Waals surface area contributed by atoms with E-state index in [0.717, 1.165) is 17.0 Å². The third kappa shape index (κ3) is 2.93. The first-order chi connectivity index (χ1) is 7.63. The molecule has 2 aliphatic rings. The van der Waals surface area contributed by atoms with E-state index >= 15 is 0 Å². The average molecular weight is 242 g/mol. The molecule has 3 heteroatoms. The first-order valence-electron chi connectivity index (χ1n) is 6.71. The van der Waals surface area contributed by atoms with Gasteiger partial charge in [0, 0.05) is 23.6 Å². The van der Waals surface area contributed by atoms with Crippen molar-refractivity contribution in [1.29, 1.82) is 0 Å². The zero-order valence-corrected chi connectivity index (χ0v) is 11.6. The van der Waals surface area contributed by atoms with Crippen LogP contribution in [0.25, 0.3) is 0 Å². The summed E-state index contributed by atoms with van der Waals surface area (Å²) in [5.74, 6) is 0. The van der Waals surface area contributed by atoms with Crippen molar-refractivity contribution in [2.45, 2.75) is 50.0 Å². The Morgan fingerprint density at radius 2 is 1.88 bits per heavy atom. The van der Waals surface area contributed by atoms with Crippen LogP contribution in [-0.4, -0.2) is 41.6 Å². The van der Waals surface area contributed by atoms with E-state index in [0.29, 0.717) is 5.41 Å². The van der Waals surface area contributed by atoms with E-state index in [4.69, 9.17) is 5.73 Å². The van der Waals surface area contributed by atoms with Crippen molar-refractivity contribution >= 4 is 11.8 Å². The lowest BCUT2D eigenvalue weighted by molar-refractivity contribution is 0.105. The first-order valence-corrected chi connectivity index (χ1v) is 7.66. The fraction of sp³-hybridized carbons (Fsp3) is 1.00. The van der Waals surface area contributed by atoms with Crippen LogP contribution in [0.15, 0.2) is 0 Å². The van der Waals surface area contributed by atoms with Crippen molar-refractivity contribution in [3.8, 4) is 0 Å². The second kappa shape index (κ2) is 5.28. The Hall–Kier alpha value is 0.270. The fourth-order valence-corrected chi connectivity index (χ4v) is 4.48. The Balaban J connectivity index is 1.76. The van der Waals surface area contributed by atoms with Gasteiger partial charge < -0.3 is 10.6 Å². The standard InChI is InChI=1S/C13H26N2S/c1-11-8-15(9-12(2)16-11)7-6-13(10-14)4-3-5-13/h11-12H,3-10,14H2,1-2H3. The normalized spacial score (nSPS) is 34.7. The van der Waals surface area contributed by atoms with Gasteiger partial charge in [-0.1, -0.05) is 20.3 Å². The summed E-state index contributed by atoms with van der Waals surface area (Å²) >= 11 is 2.14. The summed E-state index contributed by atoms with van der Waals surface area (Å²) in [6, 6.07) is 0. The largest absolute Gasteiger partial charge is 0.330 e. The molecule has 2 nitrogen and oxygen atoms in total. The fourth-order valence-electron chi connectivity index (χ4n) is 3.10. The van der Waals surface area contributed by atoms with Crippen molar-refractivity contribution in [2.24, 2.45) is 11.1 Å². The Bertz CT molecular complexity index is 212. The summed E-state index contributed by atoms with van der Waals surface area (Å²) in [6.07, 6.45) is 5.47. The number of hydrogen-bond acceptors (Lipinski definition) is 3. The molecule has 0 amide bonds. The summed E-state index contributed by atoms with van der Waals surface area (Å²) in [5.41, 5.74) is 6.44. The van der Waals surface area contributed by atoms with Gasteiger partial charge in [-0.05, 0) is 37.8 Å². The van der Waals surface area contributed by atoms with E-state index in [-0.39, 0.29) is 0 Å². The quantitative estimate of drug-likeness (QED) is 0.820. The van der Waals surface area contributed by atoms with Gasteiger partial charge in [-0.25, -0.2) is 0 Å². The number of nitrogens with two attached hydrogens (primary N) is 1. The number of thioether (sulfide) groups is 1. The Labute approximate surface area is 104 Å². The van der Waals surface area contributed by atoms with Gasteiger partial charge in [0.2, 0.25) is 0 Å². The van der Waals surface area contributed by atoms with Gasteiger partial charge in [0.05, 0.1) is 0 Å². The van der Waals surface area contributed by atoms with Crippen LogP contribution in [0, 0.1) is 5.41 Å². The molecule has 0 spiro atoms. The second-order valence-electron chi connectivity index (χ2n) is 5.82. The highest BCUT2D eigenvalue weighted by Gasteiger charge is 2.35. The van der Waals surface area contributed by atoms with Gasteiger partial charge in [-0.3, -0.25) is 0 Å². The van der Waals surface area contributed by atoms with Crippen molar-refractivity contribution in [2.75, 3.05) is 26.2 Å². The van der Waals surface area contributed by atoms with E-state index in [1.54, 1.807) is 0 Å². The van der Waals surface area contributed by atoms with Crippen LogP contribution >= 0.6 is 11.8 Å². The molecular weight excluding hydrogens is 216 g/mol. The molecule has 2 N–H and O–H groups in total. The molecule has 0 radical (unpaired) electrons. The molecule has 2 fully saturated rings. The van der Waals surface area contributed by atoms with E-state index < -0.39 is 0 Å². The van der Waals surface area contributed by atoms with E-state index in [9.17, 15) is 0 Å². The molecule has 0 bridgehead atoms. The van der Waals surface area contributed by atoms with Crippen molar-refractivity contribution in [3.63, 3.8) is 0 Å². The van der Waals surface area contributed by atoms with Crippen LogP contribution in [0.2, 0.25) is 0 Å². The highest BCUT2D eigenvalue weighted by molar-refractivity contribution is 8.00. The zero-order valence-electron chi connectivity index (χ0n) is 10.7. The molecule has 2 rings (SSSR count). The predicted molar refractivity (Wildman–Crippen MR) is 72.9 cm³/mol.